The maximum atomic E-state index is 5.98. The van der Waals surface area contributed by atoms with Crippen molar-refractivity contribution in [3.05, 3.63) is 34.9 Å². The van der Waals surface area contributed by atoms with Crippen LogP contribution >= 0.6 is 34.3 Å². The standard InChI is InChI=1S/C13H13ClS2/c1-7-4-8(2)12-10(5-7)6-11(15)9(3)13(12)16-14/h4-6,15H,1-3H3. The van der Waals surface area contributed by atoms with Crippen LogP contribution < -0.4 is 0 Å². The van der Waals surface area contributed by atoms with E-state index in [1.54, 1.807) is 0 Å². The molecule has 84 valence electrons. The molecule has 0 spiro atoms. The minimum absolute atomic E-state index is 1.00. The summed E-state index contributed by atoms with van der Waals surface area (Å²) in [4.78, 5) is 2.13. The molecule has 0 saturated carbocycles. The molecular formula is C13H13ClS2. The Morgan fingerprint density at radius 1 is 1.12 bits per heavy atom. The second kappa shape index (κ2) is 4.52. The van der Waals surface area contributed by atoms with E-state index in [1.807, 2.05) is 0 Å². The Kier molecular flexibility index (Phi) is 3.43. The zero-order valence-corrected chi connectivity index (χ0v) is 11.9. The van der Waals surface area contributed by atoms with Crippen molar-refractivity contribution in [3.63, 3.8) is 0 Å². The van der Waals surface area contributed by atoms with Gasteiger partial charge >= 0.3 is 0 Å². The summed E-state index contributed by atoms with van der Waals surface area (Å²) >= 11 is 4.49. The average molecular weight is 269 g/mol. The Balaban J connectivity index is 2.96. The minimum atomic E-state index is 1.00. The summed E-state index contributed by atoms with van der Waals surface area (Å²) in [6, 6.07) is 6.49. The van der Waals surface area contributed by atoms with E-state index in [0.717, 1.165) is 15.4 Å². The number of hydrogen-bond donors (Lipinski definition) is 1. The highest BCUT2D eigenvalue weighted by atomic mass is 35.7. The van der Waals surface area contributed by atoms with E-state index < -0.39 is 0 Å². The van der Waals surface area contributed by atoms with Crippen LogP contribution in [0.5, 0.6) is 0 Å². The lowest BCUT2D eigenvalue weighted by molar-refractivity contribution is 1.23. The van der Waals surface area contributed by atoms with Gasteiger partial charge in [-0.25, -0.2) is 0 Å². The molecule has 0 saturated heterocycles. The number of aryl methyl sites for hydroxylation is 2. The van der Waals surface area contributed by atoms with Crippen LogP contribution in [-0.2, 0) is 0 Å². The van der Waals surface area contributed by atoms with Crippen molar-refractivity contribution in [2.75, 3.05) is 0 Å². The summed E-state index contributed by atoms with van der Waals surface area (Å²) in [7, 11) is 7.26. The second-order valence-corrected chi connectivity index (χ2v) is 5.61. The zero-order chi connectivity index (χ0) is 11.9. The van der Waals surface area contributed by atoms with Crippen LogP contribution in [0.15, 0.2) is 28.0 Å². The number of hydrogen-bond acceptors (Lipinski definition) is 2. The van der Waals surface area contributed by atoms with Crippen molar-refractivity contribution in [1.29, 1.82) is 0 Å². The quantitative estimate of drug-likeness (QED) is 0.685. The molecule has 3 heteroatoms. The van der Waals surface area contributed by atoms with Crippen LogP contribution in [-0.4, -0.2) is 0 Å². The van der Waals surface area contributed by atoms with Gasteiger partial charge in [0.2, 0.25) is 0 Å². The van der Waals surface area contributed by atoms with Gasteiger partial charge in [0.05, 0.1) is 0 Å². The smallest absolute Gasteiger partial charge is 0.0354 e. The number of benzene rings is 2. The molecule has 0 bridgehead atoms. The van der Waals surface area contributed by atoms with E-state index in [4.69, 9.17) is 10.7 Å². The van der Waals surface area contributed by atoms with Crippen LogP contribution in [0.2, 0.25) is 0 Å². The molecule has 0 nitrogen and oxygen atoms in total. The molecule has 0 amide bonds. The highest BCUT2D eigenvalue weighted by molar-refractivity contribution is 8.21. The van der Waals surface area contributed by atoms with Gasteiger partial charge in [-0.3, -0.25) is 0 Å². The van der Waals surface area contributed by atoms with Crippen LogP contribution in [0.1, 0.15) is 16.7 Å². The van der Waals surface area contributed by atoms with E-state index >= 15 is 0 Å². The highest BCUT2D eigenvalue weighted by Crippen LogP contribution is 2.38. The van der Waals surface area contributed by atoms with E-state index in [2.05, 4.69) is 51.6 Å². The zero-order valence-electron chi connectivity index (χ0n) is 9.47. The van der Waals surface area contributed by atoms with E-state index in [9.17, 15) is 0 Å². The predicted octanol–water partition coefficient (Wildman–Crippen LogP) is 5.30. The van der Waals surface area contributed by atoms with E-state index in [1.165, 1.54) is 32.9 Å². The number of rotatable bonds is 1. The molecule has 0 heterocycles. The normalized spacial score (nSPS) is 11.1. The van der Waals surface area contributed by atoms with Crippen molar-refractivity contribution in [2.45, 2.75) is 30.6 Å². The first-order valence-electron chi connectivity index (χ1n) is 5.06. The van der Waals surface area contributed by atoms with Gasteiger partial charge in [0.25, 0.3) is 0 Å². The van der Waals surface area contributed by atoms with Crippen molar-refractivity contribution in [2.24, 2.45) is 0 Å². The predicted molar refractivity (Wildman–Crippen MR) is 77.1 cm³/mol. The minimum Gasteiger partial charge on any atom is -0.143 e. The molecule has 2 aromatic carbocycles. The Morgan fingerprint density at radius 3 is 2.44 bits per heavy atom. The van der Waals surface area contributed by atoms with Crippen LogP contribution in [0, 0.1) is 20.8 Å². The highest BCUT2D eigenvalue weighted by Gasteiger charge is 2.10. The summed E-state index contributed by atoms with van der Waals surface area (Å²) < 4.78 is 0. The molecule has 0 radical (unpaired) electrons. The fourth-order valence-electron chi connectivity index (χ4n) is 2.08. The molecule has 0 aliphatic heterocycles. The fraction of sp³-hybridized carbons (Fsp3) is 0.231. The number of halogens is 1. The van der Waals surface area contributed by atoms with Gasteiger partial charge in [-0.05, 0) is 70.4 Å². The molecule has 2 rings (SSSR count). The largest absolute Gasteiger partial charge is 0.143 e. The molecule has 0 fully saturated rings. The molecule has 0 aromatic heterocycles. The van der Waals surface area contributed by atoms with Gasteiger partial charge in [-0.2, -0.15) is 0 Å². The summed E-state index contributed by atoms with van der Waals surface area (Å²) in [6.07, 6.45) is 0. The average Bonchev–Trinajstić information content (AvgIpc) is 2.20. The van der Waals surface area contributed by atoms with Gasteiger partial charge in [0, 0.05) is 9.79 Å². The van der Waals surface area contributed by atoms with Crippen molar-refractivity contribution < 1.29 is 0 Å². The van der Waals surface area contributed by atoms with Gasteiger partial charge in [-0.15, -0.1) is 12.6 Å². The van der Waals surface area contributed by atoms with Crippen molar-refractivity contribution in [1.82, 2.24) is 0 Å². The van der Waals surface area contributed by atoms with Crippen LogP contribution in [0.4, 0.5) is 0 Å². The Hall–Kier alpha value is -0.310. The number of fused-ring (bicyclic) bond motifs is 1. The summed E-state index contributed by atoms with van der Waals surface area (Å²) in [6.45, 7) is 6.30. The van der Waals surface area contributed by atoms with Crippen molar-refractivity contribution >= 4 is 45.1 Å². The van der Waals surface area contributed by atoms with Gasteiger partial charge < -0.3 is 0 Å². The first-order valence-corrected chi connectivity index (χ1v) is 7.15. The maximum Gasteiger partial charge on any atom is 0.0354 e. The number of thiol groups is 1. The lowest BCUT2D eigenvalue weighted by atomic mass is 10.0. The molecule has 0 aliphatic carbocycles. The molecule has 0 N–H and O–H groups in total. The molecule has 0 aliphatic rings. The Morgan fingerprint density at radius 2 is 1.81 bits per heavy atom. The molecule has 0 unspecified atom stereocenters. The molecular weight excluding hydrogens is 256 g/mol. The third kappa shape index (κ3) is 1.94. The third-order valence-electron chi connectivity index (χ3n) is 2.83. The Bertz CT molecular complexity index is 562. The molecule has 2 aromatic rings. The van der Waals surface area contributed by atoms with Gasteiger partial charge in [0.1, 0.15) is 0 Å². The van der Waals surface area contributed by atoms with Crippen LogP contribution in [0.3, 0.4) is 0 Å². The lowest BCUT2D eigenvalue weighted by Gasteiger charge is -2.12. The third-order valence-corrected chi connectivity index (χ3v) is 4.42. The van der Waals surface area contributed by atoms with Crippen molar-refractivity contribution in [3.8, 4) is 0 Å². The fourth-order valence-corrected chi connectivity index (χ4v) is 3.57. The first-order chi connectivity index (χ1) is 7.54. The maximum absolute atomic E-state index is 5.98. The summed E-state index contributed by atoms with van der Waals surface area (Å²) in [5, 5.41) is 2.47. The summed E-state index contributed by atoms with van der Waals surface area (Å²) in [5.41, 5.74) is 3.70. The SMILES string of the molecule is Cc1cc(C)c2c(SCl)c(C)c(S)cc2c1. The van der Waals surface area contributed by atoms with Gasteiger partial charge in [-0.1, -0.05) is 17.7 Å². The second-order valence-electron chi connectivity index (χ2n) is 4.11. The van der Waals surface area contributed by atoms with Crippen LogP contribution in [0.25, 0.3) is 10.8 Å². The Labute approximate surface area is 110 Å². The first kappa shape index (κ1) is 12.2. The topological polar surface area (TPSA) is 0 Å². The molecule has 0 atom stereocenters. The van der Waals surface area contributed by atoms with Gasteiger partial charge in [0.15, 0.2) is 0 Å². The molecule has 16 heavy (non-hydrogen) atoms. The summed E-state index contributed by atoms with van der Waals surface area (Å²) in [5.74, 6) is 0. The lowest BCUT2D eigenvalue weighted by Crippen LogP contribution is -1.89. The van der Waals surface area contributed by atoms with E-state index in [0.29, 0.717) is 0 Å². The van der Waals surface area contributed by atoms with E-state index in [-0.39, 0.29) is 0 Å². The monoisotopic (exact) mass is 268 g/mol.